The Kier molecular flexibility index (Phi) is 7.17. The average Bonchev–Trinajstić information content (AvgIpc) is 3.58. The molecule has 0 fully saturated rings. The lowest BCUT2D eigenvalue weighted by Gasteiger charge is -2.27. The molecule has 3 aromatic heterocycles. The largest absolute Gasteiger partial charge is 0.461 e. The molecule has 4 aromatic rings. The predicted molar refractivity (Wildman–Crippen MR) is 153 cm³/mol. The lowest BCUT2D eigenvalue weighted by Crippen LogP contribution is -2.47. The zero-order valence-corrected chi connectivity index (χ0v) is 23.7. The fourth-order valence-electron chi connectivity index (χ4n) is 5.19. The van der Waals surface area contributed by atoms with Crippen molar-refractivity contribution in [1.82, 2.24) is 14.9 Å². The molecule has 10 heteroatoms. The minimum atomic E-state index is -1.14. The molecule has 0 bridgehead atoms. The summed E-state index contributed by atoms with van der Waals surface area (Å²) < 4.78 is 7.30. The molecule has 1 N–H and O–H groups in total. The number of thiazole rings is 1. The number of aromatic nitrogens is 2. The number of rotatable bonds is 8. The lowest BCUT2D eigenvalue weighted by molar-refractivity contribution is -0.137. The Labute approximate surface area is 231 Å². The number of carbonyl (C=O) groups excluding carboxylic acids is 2. The second-order valence-corrected chi connectivity index (χ2v) is 11.2. The molecule has 5 rings (SSSR count). The maximum absolute atomic E-state index is 13.2. The van der Waals surface area contributed by atoms with Gasteiger partial charge in [0, 0.05) is 38.3 Å². The van der Waals surface area contributed by atoms with E-state index in [9.17, 15) is 14.4 Å². The van der Waals surface area contributed by atoms with Gasteiger partial charge in [-0.2, -0.15) is 0 Å². The van der Waals surface area contributed by atoms with Crippen LogP contribution in [0.5, 0.6) is 0 Å². The van der Waals surface area contributed by atoms with Gasteiger partial charge in [-0.25, -0.2) is 4.98 Å². The molecule has 0 spiro atoms. The Balaban J connectivity index is 1.37. The van der Waals surface area contributed by atoms with Gasteiger partial charge in [0.05, 0.1) is 34.0 Å². The SMILES string of the molecule is CCN1C(=O)C(C)(C)C(=O)N(C)c2cc(CNC(CCn3ccc4oc(C)cc4c3=O)c3cscn3)ccc21. The quantitative estimate of drug-likeness (QED) is 0.323. The first-order chi connectivity index (χ1) is 18.6. The van der Waals surface area contributed by atoms with Crippen LogP contribution < -0.4 is 20.7 Å². The number of anilines is 2. The summed E-state index contributed by atoms with van der Waals surface area (Å²) in [4.78, 5) is 47.1. The monoisotopic (exact) mass is 547 g/mol. The van der Waals surface area contributed by atoms with Crippen LogP contribution in [0.3, 0.4) is 0 Å². The van der Waals surface area contributed by atoms with Crippen molar-refractivity contribution in [2.45, 2.75) is 53.2 Å². The molecule has 1 aliphatic heterocycles. The number of fused-ring (bicyclic) bond motifs is 2. The van der Waals surface area contributed by atoms with E-state index in [0.29, 0.717) is 48.5 Å². The summed E-state index contributed by atoms with van der Waals surface area (Å²) >= 11 is 1.53. The summed E-state index contributed by atoms with van der Waals surface area (Å²) in [5.74, 6) is 0.282. The van der Waals surface area contributed by atoms with E-state index in [1.165, 1.54) is 11.3 Å². The second-order valence-electron chi connectivity index (χ2n) is 10.4. The van der Waals surface area contributed by atoms with Crippen molar-refractivity contribution in [1.29, 1.82) is 0 Å². The molecule has 1 atom stereocenters. The molecule has 1 aromatic carbocycles. The molecule has 1 aliphatic rings. The number of amides is 2. The summed E-state index contributed by atoms with van der Waals surface area (Å²) in [7, 11) is 1.72. The highest BCUT2D eigenvalue weighted by molar-refractivity contribution is 7.07. The van der Waals surface area contributed by atoms with Crippen LogP contribution in [0.25, 0.3) is 11.0 Å². The van der Waals surface area contributed by atoms with Crippen LogP contribution in [-0.2, 0) is 22.7 Å². The normalized spacial score (nSPS) is 16.0. The fraction of sp³-hybridized carbons (Fsp3) is 0.379. The number of nitrogens with zero attached hydrogens (tertiary/aromatic N) is 4. The number of hydrogen-bond donors (Lipinski definition) is 1. The van der Waals surface area contributed by atoms with Gasteiger partial charge in [-0.1, -0.05) is 6.07 Å². The minimum Gasteiger partial charge on any atom is -0.461 e. The maximum Gasteiger partial charge on any atom is 0.261 e. The van der Waals surface area contributed by atoms with E-state index in [4.69, 9.17) is 4.42 Å². The first-order valence-electron chi connectivity index (χ1n) is 13.1. The van der Waals surface area contributed by atoms with Crippen LogP contribution >= 0.6 is 11.3 Å². The summed E-state index contributed by atoms with van der Waals surface area (Å²) in [6, 6.07) is 9.38. The van der Waals surface area contributed by atoms with Crippen LogP contribution in [0.1, 0.15) is 50.3 Å². The Bertz CT molecular complexity index is 1590. The highest BCUT2D eigenvalue weighted by Gasteiger charge is 2.45. The van der Waals surface area contributed by atoms with Crippen LogP contribution in [-0.4, -0.2) is 35.0 Å². The maximum atomic E-state index is 13.2. The Morgan fingerprint density at radius 3 is 2.62 bits per heavy atom. The number of nitrogens with one attached hydrogen (secondary N) is 1. The van der Waals surface area contributed by atoms with Crippen molar-refractivity contribution in [3.05, 3.63) is 74.8 Å². The number of hydrogen-bond acceptors (Lipinski definition) is 7. The highest BCUT2D eigenvalue weighted by atomic mass is 32.1. The molecule has 39 heavy (non-hydrogen) atoms. The van der Waals surface area contributed by atoms with Gasteiger partial charge in [0.25, 0.3) is 5.56 Å². The Morgan fingerprint density at radius 1 is 1.10 bits per heavy atom. The van der Waals surface area contributed by atoms with Crippen molar-refractivity contribution in [3.63, 3.8) is 0 Å². The van der Waals surface area contributed by atoms with Crippen LogP contribution in [0.4, 0.5) is 11.4 Å². The lowest BCUT2D eigenvalue weighted by atomic mass is 9.90. The number of furan rings is 1. The zero-order valence-electron chi connectivity index (χ0n) is 22.9. The molecule has 204 valence electrons. The van der Waals surface area contributed by atoms with Crippen LogP contribution in [0.15, 0.2) is 56.6 Å². The van der Waals surface area contributed by atoms with Crippen molar-refractivity contribution < 1.29 is 14.0 Å². The number of carbonyl (C=O) groups is 2. The molecule has 4 heterocycles. The molecule has 0 aliphatic carbocycles. The van der Waals surface area contributed by atoms with Gasteiger partial charge in [-0.3, -0.25) is 14.4 Å². The van der Waals surface area contributed by atoms with E-state index < -0.39 is 5.41 Å². The third kappa shape index (κ3) is 4.90. The third-order valence-corrected chi connectivity index (χ3v) is 8.03. The van der Waals surface area contributed by atoms with Crippen molar-refractivity contribution in [2.75, 3.05) is 23.4 Å². The fourth-order valence-corrected chi connectivity index (χ4v) is 5.80. The van der Waals surface area contributed by atoms with E-state index in [2.05, 4.69) is 10.3 Å². The third-order valence-electron chi connectivity index (χ3n) is 7.43. The van der Waals surface area contributed by atoms with Gasteiger partial charge in [-0.05, 0) is 63.9 Å². The molecule has 2 amide bonds. The molecule has 0 saturated carbocycles. The molecule has 0 radical (unpaired) electrons. The molecule has 9 nitrogen and oxygen atoms in total. The van der Waals surface area contributed by atoms with Crippen LogP contribution in [0.2, 0.25) is 0 Å². The van der Waals surface area contributed by atoms with Crippen LogP contribution in [0, 0.1) is 12.3 Å². The first kappa shape index (κ1) is 26.8. The molecule has 0 saturated heterocycles. The molecular formula is C29H33N5O4S. The number of aryl methyl sites for hydroxylation is 2. The molecule has 1 unspecified atom stereocenters. The number of pyridine rings is 1. The standard InChI is InChI=1S/C29H33N5O4S/c1-6-34-23-8-7-19(14-24(23)32(5)27(36)29(3,4)28(34)37)15-30-21(22-16-39-17-31-22)9-11-33-12-10-25-20(26(33)35)13-18(2)38-25/h7-8,10,12-14,16-17,21,30H,6,9,11,15H2,1-5H3. The van der Waals surface area contributed by atoms with E-state index in [1.54, 1.807) is 53.0 Å². The summed E-state index contributed by atoms with van der Waals surface area (Å²) in [5.41, 5.74) is 4.52. The molecular weight excluding hydrogens is 514 g/mol. The van der Waals surface area contributed by atoms with Gasteiger partial charge in [0.1, 0.15) is 16.8 Å². The van der Waals surface area contributed by atoms with E-state index in [0.717, 1.165) is 16.9 Å². The van der Waals surface area contributed by atoms with E-state index >= 15 is 0 Å². The van der Waals surface area contributed by atoms with Gasteiger partial charge < -0.3 is 24.1 Å². The number of benzene rings is 1. The average molecular weight is 548 g/mol. The van der Waals surface area contributed by atoms with Gasteiger partial charge in [0.15, 0.2) is 0 Å². The first-order valence-corrected chi connectivity index (χ1v) is 14.0. The summed E-state index contributed by atoms with van der Waals surface area (Å²) in [6.07, 6.45) is 2.43. The predicted octanol–water partition coefficient (Wildman–Crippen LogP) is 4.64. The van der Waals surface area contributed by atoms with E-state index in [1.807, 2.05) is 43.5 Å². The van der Waals surface area contributed by atoms with Crippen molar-refractivity contribution >= 4 is 45.5 Å². The smallest absolute Gasteiger partial charge is 0.261 e. The zero-order chi connectivity index (χ0) is 27.9. The summed E-state index contributed by atoms with van der Waals surface area (Å²) in [5, 5.41) is 6.19. The Morgan fingerprint density at radius 2 is 1.90 bits per heavy atom. The van der Waals surface area contributed by atoms with Crippen molar-refractivity contribution in [3.8, 4) is 0 Å². The highest BCUT2D eigenvalue weighted by Crippen LogP contribution is 2.38. The Hall–Kier alpha value is -3.76. The van der Waals surface area contributed by atoms with Gasteiger partial charge in [-0.15, -0.1) is 11.3 Å². The van der Waals surface area contributed by atoms with Gasteiger partial charge in [0.2, 0.25) is 11.8 Å². The van der Waals surface area contributed by atoms with Gasteiger partial charge >= 0.3 is 0 Å². The van der Waals surface area contributed by atoms with Crippen molar-refractivity contribution in [2.24, 2.45) is 5.41 Å². The second kappa shape index (κ2) is 10.4. The van der Waals surface area contributed by atoms with E-state index in [-0.39, 0.29) is 23.4 Å². The minimum absolute atomic E-state index is 0.0715. The summed E-state index contributed by atoms with van der Waals surface area (Å²) in [6.45, 7) is 8.62. The topological polar surface area (TPSA) is 101 Å².